The Morgan fingerprint density at radius 1 is 1.61 bits per heavy atom. The van der Waals surface area contributed by atoms with Crippen LogP contribution < -0.4 is 5.32 Å². The van der Waals surface area contributed by atoms with Crippen LogP contribution in [0.15, 0.2) is 16.7 Å². The summed E-state index contributed by atoms with van der Waals surface area (Å²) in [5.74, 6) is -0.239. The molecule has 1 aromatic heterocycles. The van der Waals surface area contributed by atoms with Crippen molar-refractivity contribution in [2.75, 3.05) is 19.9 Å². The number of ether oxygens (including phenoxy) is 1. The van der Waals surface area contributed by atoms with Gasteiger partial charge in [-0.15, -0.1) is 0 Å². The van der Waals surface area contributed by atoms with E-state index in [1.54, 1.807) is 12.3 Å². The summed E-state index contributed by atoms with van der Waals surface area (Å²) in [6.07, 6.45) is 4.00. The fourth-order valence-corrected chi connectivity index (χ4v) is 1.89. The SMILES string of the molecule is COC(=O)c1occc1CNCCC(C)S(C)=O. The van der Waals surface area contributed by atoms with E-state index in [-0.39, 0.29) is 11.0 Å². The molecule has 0 spiro atoms. The topological polar surface area (TPSA) is 68.5 Å². The van der Waals surface area contributed by atoms with E-state index in [9.17, 15) is 9.00 Å². The molecule has 0 aliphatic heterocycles. The molecule has 18 heavy (non-hydrogen) atoms. The van der Waals surface area contributed by atoms with Gasteiger partial charge in [0.2, 0.25) is 5.76 Å². The van der Waals surface area contributed by atoms with Crippen LogP contribution in [-0.4, -0.2) is 35.3 Å². The number of nitrogens with one attached hydrogen (secondary N) is 1. The van der Waals surface area contributed by atoms with Crippen molar-refractivity contribution in [3.63, 3.8) is 0 Å². The number of methoxy groups -OCH3 is 1. The molecule has 0 bridgehead atoms. The third-order valence-electron chi connectivity index (χ3n) is 2.73. The Balaban J connectivity index is 2.38. The van der Waals surface area contributed by atoms with E-state index in [4.69, 9.17) is 4.42 Å². The van der Waals surface area contributed by atoms with Crippen molar-refractivity contribution in [3.8, 4) is 0 Å². The molecule has 0 fully saturated rings. The van der Waals surface area contributed by atoms with E-state index in [1.165, 1.54) is 13.4 Å². The molecule has 1 aromatic rings. The molecule has 2 atom stereocenters. The van der Waals surface area contributed by atoms with Crippen LogP contribution in [0.25, 0.3) is 0 Å². The molecule has 5 nitrogen and oxygen atoms in total. The number of esters is 1. The average Bonchev–Trinajstić information content (AvgIpc) is 2.81. The molecule has 1 N–H and O–H groups in total. The maximum absolute atomic E-state index is 11.3. The zero-order valence-electron chi connectivity index (χ0n) is 10.9. The molecule has 0 amide bonds. The molecule has 1 heterocycles. The molecule has 1 rings (SSSR count). The Bertz CT molecular complexity index is 416. The first kappa shape index (κ1) is 14.9. The number of hydrogen-bond acceptors (Lipinski definition) is 5. The highest BCUT2D eigenvalue weighted by Gasteiger charge is 2.15. The van der Waals surface area contributed by atoms with E-state index in [0.717, 1.165) is 18.5 Å². The number of furan rings is 1. The highest BCUT2D eigenvalue weighted by atomic mass is 32.2. The predicted octanol–water partition coefficient (Wildman–Crippen LogP) is 1.31. The lowest BCUT2D eigenvalue weighted by molar-refractivity contribution is 0.0563. The van der Waals surface area contributed by atoms with Gasteiger partial charge in [0.25, 0.3) is 0 Å². The van der Waals surface area contributed by atoms with Gasteiger partial charge in [-0.05, 0) is 19.0 Å². The fourth-order valence-electron chi connectivity index (χ4n) is 1.44. The van der Waals surface area contributed by atoms with Crippen LogP contribution >= 0.6 is 0 Å². The number of carbonyl (C=O) groups is 1. The number of hydrogen-bond donors (Lipinski definition) is 1. The lowest BCUT2D eigenvalue weighted by Crippen LogP contribution is -2.21. The fraction of sp³-hybridized carbons (Fsp3) is 0.583. The van der Waals surface area contributed by atoms with Crippen LogP contribution in [0, 0.1) is 0 Å². The monoisotopic (exact) mass is 273 g/mol. The maximum atomic E-state index is 11.3. The third kappa shape index (κ3) is 4.27. The van der Waals surface area contributed by atoms with Gasteiger partial charge in [0, 0.05) is 34.4 Å². The van der Waals surface area contributed by atoms with Crippen molar-refractivity contribution < 1.29 is 18.2 Å². The van der Waals surface area contributed by atoms with Gasteiger partial charge in [0.1, 0.15) is 0 Å². The van der Waals surface area contributed by atoms with Gasteiger partial charge >= 0.3 is 5.97 Å². The molecule has 0 aliphatic rings. The van der Waals surface area contributed by atoms with Crippen molar-refractivity contribution in [1.29, 1.82) is 0 Å². The summed E-state index contributed by atoms with van der Waals surface area (Å²) in [5.41, 5.74) is 0.770. The highest BCUT2D eigenvalue weighted by molar-refractivity contribution is 7.84. The van der Waals surface area contributed by atoms with E-state index in [2.05, 4.69) is 10.1 Å². The zero-order chi connectivity index (χ0) is 13.5. The molecule has 0 saturated heterocycles. The van der Waals surface area contributed by atoms with Crippen molar-refractivity contribution >= 4 is 16.8 Å². The van der Waals surface area contributed by atoms with Gasteiger partial charge in [0.05, 0.1) is 13.4 Å². The van der Waals surface area contributed by atoms with Crippen molar-refractivity contribution in [3.05, 3.63) is 23.7 Å². The maximum Gasteiger partial charge on any atom is 0.374 e. The first-order valence-corrected chi connectivity index (χ1v) is 7.36. The number of carbonyl (C=O) groups excluding carboxylic acids is 1. The standard InChI is InChI=1S/C12H19NO4S/c1-9(18(3)15)4-6-13-8-10-5-7-17-11(10)12(14)16-2/h5,7,9,13H,4,6,8H2,1-3H3. The second kappa shape index (κ2) is 7.33. The second-order valence-corrected chi connectivity index (χ2v) is 5.84. The van der Waals surface area contributed by atoms with Crippen molar-refractivity contribution in [2.45, 2.75) is 25.1 Å². The molecular weight excluding hydrogens is 254 g/mol. The largest absolute Gasteiger partial charge is 0.463 e. The summed E-state index contributed by atoms with van der Waals surface area (Å²) in [6, 6.07) is 1.74. The summed E-state index contributed by atoms with van der Waals surface area (Å²) in [4.78, 5) is 11.3. The average molecular weight is 273 g/mol. The Kier molecular flexibility index (Phi) is 6.07. The second-order valence-electron chi connectivity index (χ2n) is 4.04. The first-order valence-electron chi connectivity index (χ1n) is 5.74. The molecule has 2 unspecified atom stereocenters. The van der Waals surface area contributed by atoms with Crippen LogP contribution in [0.5, 0.6) is 0 Å². The highest BCUT2D eigenvalue weighted by Crippen LogP contribution is 2.11. The van der Waals surface area contributed by atoms with Crippen LogP contribution in [-0.2, 0) is 22.1 Å². The van der Waals surface area contributed by atoms with Gasteiger partial charge in [-0.25, -0.2) is 4.79 Å². The molecular formula is C12H19NO4S. The quantitative estimate of drug-likeness (QED) is 0.599. The van der Waals surface area contributed by atoms with Crippen LogP contribution in [0.3, 0.4) is 0 Å². The molecule has 102 valence electrons. The summed E-state index contributed by atoms with van der Waals surface area (Å²) < 4.78 is 20.8. The van der Waals surface area contributed by atoms with Gasteiger partial charge in [-0.3, -0.25) is 4.21 Å². The predicted molar refractivity (Wildman–Crippen MR) is 69.9 cm³/mol. The summed E-state index contributed by atoms with van der Waals surface area (Å²) >= 11 is 0. The van der Waals surface area contributed by atoms with Gasteiger partial charge < -0.3 is 14.5 Å². The van der Waals surface area contributed by atoms with Crippen LogP contribution in [0.4, 0.5) is 0 Å². The molecule has 6 heteroatoms. The molecule has 0 saturated carbocycles. The van der Waals surface area contributed by atoms with E-state index < -0.39 is 16.8 Å². The normalized spacial score (nSPS) is 14.2. The Labute approximate surface area is 109 Å². The van der Waals surface area contributed by atoms with E-state index >= 15 is 0 Å². The first-order chi connectivity index (χ1) is 8.56. The Morgan fingerprint density at radius 3 is 2.94 bits per heavy atom. The number of rotatable bonds is 7. The minimum absolute atomic E-state index is 0.168. The van der Waals surface area contributed by atoms with Gasteiger partial charge in [0.15, 0.2) is 0 Å². The Morgan fingerprint density at radius 2 is 2.33 bits per heavy atom. The molecule has 0 aliphatic carbocycles. The Hall–Kier alpha value is -1.14. The smallest absolute Gasteiger partial charge is 0.374 e. The van der Waals surface area contributed by atoms with Crippen LogP contribution in [0.1, 0.15) is 29.5 Å². The van der Waals surface area contributed by atoms with Crippen molar-refractivity contribution in [2.24, 2.45) is 0 Å². The van der Waals surface area contributed by atoms with Gasteiger partial charge in [-0.2, -0.15) is 0 Å². The lowest BCUT2D eigenvalue weighted by atomic mass is 10.2. The third-order valence-corrected chi connectivity index (χ3v) is 4.10. The summed E-state index contributed by atoms with van der Waals surface area (Å²) in [5, 5.41) is 3.36. The van der Waals surface area contributed by atoms with Crippen LogP contribution in [0.2, 0.25) is 0 Å². The molecule has 0 aromatic carbocycles. The minimum Gasteiger partial charge on any atom is -0.463 e. The minimum atomic E-state index is -0.796. The summed E-state index contributed by atoms with van der Waals surface area (Å²) in [6.45, 7) is 3.23. The lowest BCUT2D eigenvalue weighted by Gasteiger charge is -2.08. The van der Waals surface area contributed by atoms with Gasteiger partial charge in [-0.1, -0.05) is 6.92 Å². The molecule has 0 radical (unpaired) electrons. The zero-order valence-corrected chi connectivity index (χ0v) is 11.7. The van der Waals surface area contributed by atoms with E-state index in [1.807, 2.05) is 6.92 Å². The van der Waals surface area contributed by atoms with Crippen molar-refractivity contribution in [1.82, 2.24) is 5.32 Å². The summed E-state index contributed by atoms with van der Waals surface area (Å²) in [7, 11) is 0.523. The van der Waals surface area contributed by atoms with E-state index in [0.29, 0.717) is 6.54 Å².